The lowest BCUT2D eigenvalue weighted by Crippen LogP contribution is -2.39. The maximum absolute atomic E-state index is 12.7. The molecule has 0 saturated carbocycles. The number of alkyl halides is 3. The predicted octanol–water partition coefficient (Wildman–Crippen LogP) is 3.95. The lowest BCUT2D eigenvalue weighted by molar-refractivity contribution is -0.179. The van der Waals surface area contributed by atoms with Crippen molar-refractivity contribution in [2.24, 2.45) is 5.92 Å². The number of anilines is 1. The van der Waals surface area contributed by atoms with Crippen molar-refractivity contribution in [3.63, 3.8) is 0 Å². The number of benzene rings is 1. The minimum absolute atomic E-state index is 0.179. The molecule has 1 N–H and O–H groups in total. The first-order valence-electron chi connectivity index (χ1n) is 6.66. The van der Waals surface area contributed by atoms with Crippen molar-refractivity contribution in [2.75, 3.05) is 25.0 Å². The van der Waals surface area contributed by atoms with E-state index in [2.05, 4.69) is 26.1 Å². The average molecular weight is 351 g/mol. The van der Waals surface area contributed by atoms with Crippen molar-refractivity contribution in [3.05, 3.63) is 28.2 Å². The van der Waals surface area contributed by atoms with Gasteiger partial charge in [0.1, 0.15) is 0 Å². The minimum Gasteiger partial charge on any atom is -0.371 e. The molecule has 1 saturated heterocycles. The molecule has 1 aromatic carbocycles. The fourth-order valence-electron chi connectivity index (χ4n) is 2.64. The van der Waals surface area contributed by atoms with Crippen LogP contribution in [0.25, 0.3) is 0 Å². The Kier molecular flexibility index (Phi) is 4.96. The Morgan fingerprint density at radius 2 is 1.95 bits per heavy atom. The summed E-state index contributed by atoms with van der Waals surface area (Å²) in [5, 5.41) is 3.10. The van der Waals surface area contributed by atoms with Gasteiger partial charge < -0.3 is 10.2 Å². The van der Waals surface area contributed by atoms with Crippen LogP contribution in [-0.4, -0.2) is 26.3 Å². The Morgan fingerprint density at radius 1 is 1.30 bits per heavy atom. The van der Waals surface area contributed by atoms with Crippen LogP contribution in [0.4, 0.5) is 18.9 Å². The molecule has 20 heavy (non-hydrogen) atoms. The van der Waals surface area contributed by atoms with E-state index >= 15 is 0 Å². The van der Waals surface area contributed by atoms with Crippen molar-refractivity contribution in [3.8, 4) is 0 Å². The van der Waals surface area contributed by atoms with Crippen molar-refractivity contribution >= 4 is 21.6 Å². The second-order valence-electron chi connectivity index (χ2n) is 5.11. The lowest BCUT2D eigenvalue weighted by atomic mass is 9.95. The summed E-state index contributed by atoms with van der Waals surface area (Å²) in [6.07, 6.45) is -3.70. The van der Waals surface area contributed by atoms with Crippen LogP contribution < -0.4 is 10.2 Å². The highest BCUT2D eigenvalue weighted by Crippen LogP contribution is 2.36. The summed E-state index contributed by atoms with van der Waals surface area (Å²) in [7, 11) is 1.86. The Bertz CT molecular complexity index is 454. The third kappa shape index (κ3) is 3.67. The highest BCUT2D eigenvalue weighted by molar-refractivity contribution is 9.10. The van der Waals surface area contributed by atoms with E-state index in [1.54, 1.807) is 0 Å². The molecule has 0 aliphatic carbocycles. The monoisotopic (exact) mass is 350 g/mol. The number of piperidine rings is 1. The van der Waals surface area contributed by atoms with Gasteiger partial charge in [-0.2, -0.15) is 13.2 Å². The second kappa shape index (κ2) is 6.35. The molecule has 112 valence electrons. The van der Waals surface area contributed by atoms with Gasteiger partial charge in [0.15, 0.2) is 0 Å². The van der Waals surface area contributed by atoms with Gasteiger partial charge in [0.2, 0.25) is 0 Å². The summed E-state index contributed by atoms with van der Waals surface area (Å²) in [4.78, 5) is 2.06. The molecule has 1 fully saturated rings. The molecular formula is C14H18BrF3N2. The summed E-state index contributed by atoms with van der Waals surface area (Å²) < 4.78 is 39.1. The van der Waals surface area contributed by atoms with Crippen LogP contribution in [0.3, 0.4) is 0 Å². The molecule has 1 aliphatic heterocycles. The first-order chi connectivity index (χ1) is 9.41. The zero-order valence-electron chi connectivity index (χ0n) is 11.3. The summed E-state index contributed by atoms with van der Waals surface area (Å²) in [5.41, 5.74) is 2.13. The summed E-state index contributed by atoms with van der Waals surface area (Å²) in [5.74, 6) is -1.15. The lowest BCUT2D eigenvalue weighted by Gasteiger charge is -2.35. The summed E-state index contributed by atoms with van der Waals surface area (Å²) in [6, 6.07) is 5.93. The molecule has 0 unspecified atom stereocenters. The quantitative estimate of drug-likeness (QED) is 0.887. The Labute approximate surface area is 125 Å². The molecule has 2 nitrogen and oxygen atoms in total. The van der Waals surface area contributed by atoms with E-state index in [1.165, 1.54) is 0 Å². The van der Waals surface area contributed by atoms with Crippen LogP contribution in [0.2, 0.25) is 0 Å². The van der Waals surface area contributed by atoms with Gasteiger partial charge in [0, 0.05) is 29.8 Å². The van der Waals surface area contributed by atoms with Crippen LogP contribution >= 0.6 is 15.9 Å². The first-order valence-corrected chi connectivity index (χ1v) is 7.46. The van der Waals surface area contributed by atoms with E-state index in [0.717, 1.165) is 15.7 Å². The molecule has 1 aromatic rings. The fourth-order valence-corrected chi connectivity index (χ4v) is 3.05. The second-order valence-corrected chi connectivity index (χ2v) is 6.02. The average Bonchev–Trinajstić information content (AvgIpc) is 2.38. The molecule has 0 amide bonds. The van der Waals surface area contributed by atoms with E-state index in [1.807, 2.05) is 25.2 Å². The van der Waals surface area contributed by atoms with Gasteiger partial charge in [-0.1, -0.05) is 15.9 Å². The Hall–Kier alpha value is -0.750. The number of rotatable bonds is 3. The van der Waals surface area contributed by atoms with Gasteiger partial charge in [0.25, 0.3) is 0 Å². The molecule has 0 radical (unpaired) electrons. The van der Waals surface area contributed by atoms with Gasteiger partial charge in [-0.3, -0.25) is 0 Å². The molecule has 1 heterocycles. The number of nitrogens with one attached hydrogen (secondary N) is 1. The van der Waals surface area contributed by atoms with Crippen molar-refractivity contribution < 1.29 is 13.2 Å². The predicted molar refractivity (Wildman–Crippen MR) is 77.9 cm³/mol. The van der Waals surface area contributed by atoms with Gasteiger partial charge in [0.05, 0.1) is 5.92 Å². The fraction of sp³-hybridized carbons (Fsp3) is 0.571. The Morgan fingerprint density at radius 3 is 2.50 bits per heavy atom. The van der Waals surface area contributed by atoms with E-state index < -0.39 is 12.1 Å². The standard InChI is InChI=1S/C14H18BrF3N2/c1-19-9-10-8-12(15)2-3-13(10)20-6-4-11(5-7-20)14(16,17)18/h2-3,8,11,19H,4-7,9H2,1H3. The summed E-state index contributed by atoms with van der Waals surface area (Å²) >= 11 is 3.43. The third-order valence-corrected chi connectivity index (χ3v) is 4.20. The van der Waals surface area contributed by atoms with Crippen molar-refractivity contribution in [2.45, 2.75) is 25.6 Å². The highest BCUT2D eigenvalue weighted by Gasteiger charge is 2.41. The van der Waals surface area contributed by atoms with Crippen LogP contribution in [-0.2, 0) is 6.54 Å². The highest BCUT2D eigenvalue weighted by atomic mass is 79.9. The van der Waals surface area contributed by atoms with Gasteiger partial charge in [-0.05, 0) is 43.7 Å². The van der Waals surface area contributed by atoms with E-state index in [9.17, 15) is 13.2 Å². The summed E-state index contributed by atoms with van der Waals surface area (Å²) in [6.45, 7) is 1.62. The Balaban J connectivity index is 2.10. The molecule has 2 rings (SSSR count). The maximum atomic E-state index is 12.7. The van der Waals surface area contributed by atoms with Crippen molar-refractivity contribution in [1.29, 1.82) is 0 Å². The molecule has 1 aliphatic rings. The molecule has 6 heteroatoms. The molecule has 0 bridgehead atoms. The topological polar surface area (TPSA) is 15.3 Å². The SMILES string of the molecule is CNCc1cc(Br)ccc1N1CCC(C(F)(F)F)CC1. The number of hydrogen-bond acceptors (Lipinski definition) is 2. The van der Waals surface area contributed by atoms with E-state index in [0.29, 0.717) is 19.6 Å². The minimum atomic E-state index is -4.06. The normalized spacial score (nSPS) is 17.6. The first kappa shape index (κ1) is 15.6. The van der Waals surface area contributed by atoms with Gasteiger partial charge in [-0.25, -0.2) is 0 Å². The van der Waals surface area contributed by atoms with Crippen molar-refractivity contribution in [1.82, 2.24) is 5.32 Å². The van der Waals surface area contributed by atoms with Gasteiger partial charge >= 0.3 is 6.18 Å². The zero-order valence-corrected chi connectivity index (χ0v) is 12.9. The van der Waals surface area contributed by atoms with Crippen LogP contribution in [0.15, 0.2) is 22.7 Å². The zero-order chi connectivity index (χ0) is 14.8. The molecule has 0 spiro atoms. The molecular weight excluding hydrogens is 333 g/mol. The van der Waals surface area contributed by atoms with Crippen LogP contribution in [0, 0.1) is 5.92 Å². The molecule has 0 atom stereocenters. The number of halogens is 4. The van der Waals surface area contributed by atoms with Gasteiger partial charge in [-0.15, -0.1) is 0 Å². The largest absolute Gasteiger partial charge is 0.391 e. The molecule has 0 aromatic heterocycles. The van der Waals surface area contributed by atoms with Crippen LogP contribution in [0.5, 0.6) is 0 Å². The third-order valence-electron chi connectivity index (χ3n) is 3.71. The smallest absolute Gasteiger partial charge is 0.371 e. The van der Waals surface area contributed by atoms with E-state index in [4.69, 9.17) is 0 Å². The number of nitrogens with zero attached hydrogens (tertiary/aromatic N) is 1. The van der Waals surface area contributed by atoms with Crippen LogP contribution in [0.1, 0.15) is 18.4 Å². The number of hydrogen-bond donors (Lipinski definition) is 1. The van der Waals surface area contributed by atoms with E-state index in [-0.39, 0.29) is 12.8 Å². The maximum Gasteiger partial charge on any atom is 0.391 e.